The first-order chi connectivity index (χ1) is 11.4. The molecule has 1 aliphatic rings. The van der Waals surface area contributed by atoms with Crippen molar-refractivity contribution in [1.82, 2.24) is 0 Å². The van der Waals surface area contributed by atoms with Crippen molar-refractivity contribution in [1.29, 1.82) is 0 Å². The first-order valence-electron chi connectivity index (χ1n) is 7.21. The van der Waals surface area contributed by atoms with Gasteiger partial charge >= 0.3 is 5.97 Å². The van der Waals surface area contributed by atoms with Gasteiger partial charge in [0, 0.05) is 5.69 Å². The molecule has 3 rings (SSSR count). The third kappa shape index (κ3) is 3.29. The summed E-state index contributed by atoms with van der Waals surface area (Å²) in [6, 6.07) is 11.6. The van der Waals surface area contributed by atoms with E-state index in [4.69, 9.17) is 16.7 Å². The number of nitrogens with one attached hydrogen (secondary N) is 1. The first-order valence-corrected chi connectivity index (χ1v) is 9.07. The summed E-state index contributed by atoms with van der Waals surface area (Å²) in [6.07, 6.45) is 2.69. The molecule has 0 aliphatic heterocycles. The zero-order valence-electron chi connectivity index (χ0n) is 12.5. The molecule has 0 fully saturated rings. The van der Waals surface area contributed by atoms with Crippen LogP contribution in [0.2, 0.25) is 5.02 Å². The molecule has 7 heteroatoms. The topological polar surface area (TPSA) is 83.5 Å². The zero-order valence-corrected chi connectivity index (χ0v) is 14.1. The van der Waals surface area contributed by atoms with Crippen LogP contribution in [0, 0.1) is 0 Å². The lowest BCUT2D eigenvalue weighted by atomic mass is 9.98. The van der Waals surface area contributed by atoms with Gasteiger partial charge in [-0.15, -0.1) is 0 Å². The van der Waals surface area contributed by atoms with Crippen LogP contribution in [0.3, 0.4) is 0 Å². The van der Waals surface area contributed by atoms with E-state index >= 15 is 0 Å². The van der Waals surface area contributed by atoms with Gasteiger partial charge in [-0.3, -0.25) is 4.72 Å². The minimum Gasteiger partial charge on any atom is -0.478 e. The number of carboxylic acid groups (broad SMARTS) is 1. The standard InChI is InChI=1S/C17H14ClNO4S/c18-16-8-6-13(10-15(16)17(20)21)19-24(22,23)14-7-5-11-3-1-2-4-12(11)9-14/h1-4,6,8-10,19H,5,7H2,(H,20,21). The average molecular weight is 364 g/mol. The van der Waals surface area contributed by atoms with Crippen molar-refractivity contribution >= 4 is 39.4 Å². The van der Waals surface area contributed by atoms with Crippen LogP contribution in [-0.2, 0) is 16.4 Å². The third-order valence-corrected chi connectivity index (χ3v) is 5.65. The van der Waals surface area contributed by atoms with Crippen molar-refractivity contribution in [2.24, 2.45) is 0 Å². The molecule has 2 aromatic carbocycles. The predicted molar refractivity (Wildman–Crippen MR) is 93.7 cm³/mol. The number of aryl methyl sites for hydroxylation is 1. The minimum absolute atomic E-state index is 0.0521. The van der Waals surface area contributed by atoms with Gasteiger partial charge in [0.15, 0.2) is 0 Å². The molecular weight excluding hydrogens is 350 g/mol. The average Bonchev–Trinajstić information content (AvgIpc) is 2.55. The molecule has 5 nitrogen and oxygen atoms in total. The number of allylic oxidation sites excluding steroid dienone is 1. The fourth-order valence-corrected chi connectivity index (χ4v) is 4.01. The molecule has 0 radical (unpaired) electrons. The van der Waals surface area contributed by atoms with Gasteiger partial charge in [-0.2, -0.15) is 0 Å². The lowest BCUT2D eigenvalue weighted by Crippen LogP contribution is -2.17. The van der Waals surface area contributed by atoms with Crippen molar-refractivity contribution in [3.63, 3.8) is 0 Å². The molecule has 24 heavy (non-hydrogen) atoms. The van der Waals surface area contributed by atoms with E-state index in [1.807, 2.05) is 24.3 Å². The van der Waals surface area contributed by atoms with E-state index in [-0.39, 0.29) is 21.2 Å². The van der Waals surface area contributed by atoms with Gasteiger partial charge < -0.3 is 5.11 Å². The number of rotatable bonds is 4. The maximum absolute atomic E-state index is 12.6. The van der Waals surface area contributed by atoms with Crippen LogP contribution in [0.4, 0.5) is 5.69 Å². The number of carbonyl (C=O) groups is 1. The summed E-state index contributed by atoms with van der Waals surface area (Å²) in [6.45, 7) is 0. The number of hydrogen-bond donors (Lipinski definition) is 2. The minimum atomic E-state index is -3.76. The Bertz CT molecular complexity index is 951. The van der Waals surface area contributed by atoms with Crippen LogP contribution in [0.5, 0.6) is 0 Å². The Labute approximate surface area is 144 Å². The largest absolute Gasteiger partial charge is 0.478 e. The van der Waals surface area contributed by atoms with Crippen molar-refractivity contribution in [2.45, 2.75) is 12.8 Å². The third-order valence-electron chi connectivity index (χ3n) is 3.81. The van der Waals surface area contributed by atoms with Gasteiger partial charge in [-0.05, 0) is 48.2 Å². The van der Waals surface area contributed by atoms with E-state index in [1.165, 1.54) is 18.2 Å². The number of carboxylic acids is 1. The zero-order chi connectivity index (χ0) is 17.3. The highest BCUT2D eigenvalue weighted by Crippen LogP contribution is 2.29. The molecule has 0 saturated carbocycles. The molecule has 0 saturated heterocycles. The highest BCUT2D eigenvalue weighted by molar-refractivity contribution is 7.96. The van der Waals surface area contributed by atoms with Crippen LogP contribution >= 0.6 is 11.6 Å². The second-order valence-electron chi connectivity index (χ2n) is 5.41. The number of fused-ring (bicyclic) bond motifs is 1. The van der Waals surface area contributed by atoms with E-state index in [9.17, 15) is 13.2 Å². The Morgan fingerprint density at radius 3 is 2.62 bits per heavy atom. The molecule has 2 aromatic rings. The maximum Gasteiger partial charge on any atom is 0.337 e. The van der Waals surface area contributed by atoms with Crippen LogP contribution in [0.1, 0.15) is 27.9 Å². The van der Waals surface area contributed by atoms with E-state index in [2.05, 4.69) is 4.72 Å². The Hall–Kier alpha value is -2.31. The molecular formula is C17H14ClNO4S. The molecule has 0 atom stereocenters. The monoisotopic (exact) mass is 363 g/mol. The fourth-order valence-electron chi connectivity index (χ4n) is 2.59. The molecule has 0 aromatic heterocycles. The van der Waals surface area contributed by atoms with Crippen LogP contribution < -0.4 is 4.72 Å². The normalized spacial score (nSPS) is 13.8. The summed E-state index contributed by atoms with van der Waals surface area (Å²) in [5, 5.41) is 9.13. The van der Waals surface area contributed by atoms with Gasteiger partial charge in [-0.25, -0.2) is 13.2 Å². The fraction of sp³-hybridized carbons (Fsp3) is 0.118. The Morgan fingerprint density at radius 2 is 1.88 bits per heavy atom. The Kier molecular flexibility index (Phi) is 4.34. The van der Waals surface area contributed by atoms with Gasteiger partial charge in [0.1, 0.15) is 0 Å². The van der Waals surface area contributed by atoms with Crippen molar-refractivity contribution in [3.8, 4) is 0 Å². The Balaban J connectivity index is 1.92. The lowest BCUT2D eigenvalue weighted by Gasteiger charge is -2.17. The lowest BCUT2D eigenvalue weighted by molar-refractivity contribution is 0.0697. The van der Waals surface area contributed by atoms with Crippen molar-refractivity contribution in [2.75, 3.05) is 4.72 Å². The molecule has 0 unspecified atom stereocenters. The number of benzene rings is 2. The van der Waals surface area contributed by atoms with Gasteiger partial charge in [0.2, 0.25) is 0 Å². The van der Waals surface area contributed by atoms with Gasteiger partial charge in [-0.1, -0.05) is 35.9 Å². The van der Waals surface area contributed by atoms with E-state index in [0.29, 0.717) is 12.8 Å². The molecule has 1 aliphatic carbocycles. The number of aromatic carboxylic acids is 1. The number of halogens is 1. The number of anilines is 1. The molecule has 124 valence electrons. The summed E-state index contributed by atoms with van der Waals surface area (Å²) in [5.41, 5.74) is 2.00. The Morgan fingerprint density at radius 1 is 1.12 bits per heavy atom. The second kappa shape index (κ2) is 6.30. The van der Waals surface area contributed by atoms with E-state index in [1.54, 1.807) is 6.08 Å². The second-order valence-corrected chi connectivity index (χ2v) is 7.56. The van der Waals surface area contributed by atoms with E-state index in [0.717, 1.165) is 11.1 Å². The molecule has 0 heterocycles. The maximum atomic E-state index is 12.6. The predicted octanol–water partition coefficient (Wildman–Crippen LogP) is 3.77. The van der Waals surface area contributed by atoms with E-state index < -0.39 is 16.0 Å². The highest BCUT2D eigenvalue weighted by atomic mass is 35.5. The van der Waals surface area contributed by atoms with Crippen LogP contribution in [0.15, 0.2) is 47.4 Å². The van der Waals surface area contributed by atoms with Crippen molar-refractivity contribution < 1.29 is 18.3 Å². The molecule has 0 amide bonds. The summed E-state index contributed by atoms with van der Waals surface area (Å²) in [7, 11) is -3.76. The molecule has 0 spiro atoms. The quantitative estimate of drug-likeness (QED) is 0.866. The summed E-state index contributed by atoms with van der Waals surface area (Å²) in [5.74, 6) is -1.22. The summed E-state index contributed by atoms with van der Waals surface area (Å²) < 4.78 is 27.6. The van der Waals surface area contributed by atoms with Gasteiger partial charge in [0.25, 0.3) is 10.0 Å². The molecule has 2 N–H and O–H groups in total. The first kappa shape index (κ1) is 16.5. The highest BCUT2D eigenvalue weighted by Gasteiger charge is 2.22. The number of sulfonamides is 1. The van der Waals surface area contributed by atoms with Crippen LogP contribution in [0.25, 0.3) is 6.08 Å². The summed E-state index contributed by atoms with van der Waals surface area (Å²) in [4.78, 5) is 11.4. The number of hydrogen-bond acceptors (Lipinski definition) is 3. The smallest absolute Gasteiger partial charge is 0.337 e. The van der Waals surface area contributed by atoms with Crippen LogP contribution in [-0.4, -0.2) is 19.5 Å². The summed E-state index contributed by atoms with van der Waals surface area (Å²) >= 11 is 5.80. The molecule has 0 bridgehead atoms. The van der Waals surface area contributed by atoms with Crippen molar-refractivity contribution in [3.05, 3.63) is 69.1 Å². The van der Waals surface area contributed by atoms with Gasteiger partial charge in [0.05, 0.1) is 15.5 Å². The SMILES string of the molecule is O=C(O)c1cc(NS(=O)(=O)C2=Cc3ccccc3CC2)ccc1Cl.